The van der Waals surface area contributed by atoms with E-state index in [0.29, 0.717) is 22.9 Å². The van der Waals surface area contributed by atoms with Gasteiger partial charge in [-0.2, -0.15) is 5.10 Å². The summed E-state index contributed by atoms with van der Waals surface area (Å²) in [5.74, 6) is 1.22. The largest absolute Gasteiger partial charge is 0.493 e. The minimum atomic E-state index is -0.182. The van der Waals surface area contributed by atoms with Crippen molar-refractivity contribution in [2.75, 3.05) is 26.6 Å². The molecule has 4 aromatic rings. The summed E-state index contributed by atoms with van der Waals surface area (Å²) < 4.78 is 17.8. The van der Waals surface area contributed by atoms with Crippen molar-refractivity contribution < 1.29 is 19.0 Å². The van der Waals surface area contributed by atoms with E-state index in [1.165, 1.54) is 21.3 Å². The second kappa shape index (κ2) is 8.14. The fourth-order valence-electron chi connectivity index (χ4n) is 3.75. The first kappa shape index (κ1) is 20.5. The quantitative estimate of drug-likeness (QED) is 0.512. The van der Waals surface area contributed by atoms with Crippen LogP contribution in [0.25, 0.3) is 16.6 Å². The number of nitrogens with one attached hydrogen (secondary N) is 1. The molecule has 0 aliphatic heterocycles. The monoisotopic (exact) mass is 420 g/mol. The van der Waals surface area contributed by atoms with Crippen molar-refractivity contribution in [3.05, 3.63) is 53.3 Å². The third-order valence-electron chi connectivity index (χ3n) is 5.30. The fourth-order valence-corrected chi connectivity index (χ4v) is 3.75. The standard InChI is InChI=1S/C23H24N4O4/c1-13-17(14(2)27-23(24-13)16-8-6-7-9-18(16)26-27)12-21(28)25-15-10-19(29-3)22(31-5)20(11-15)30-4/h6-11H,12H2,1-5H3,(H,25,28). The Hall–Kier alpha value is -3.81. The van der Waals surface area contributed by atoms with Crippen LogP contribution in [0.3, 0.4) is 0 Å². The van der Waals surface area contributed by atoms with Gasteiger partial charge in [0.15, 0.2) is 17.1 Å². The molecule has 0 saturated heterocycles. The number of anilines is 1. The number of methoxy groups -OCH3 is 3. The molecule has 4 rings (SSSR count). The predicted octanol–water partition coefficient (Wildman–Crippen LogP) is 3.71. The number of aromatic nitrogens is 3. The van der Waals surface area contributed by atoms with Crippen LogP contribution in [0.2, 0.25) is 0 Å². The predicted molar refractivity (Wildman–Crippen MR) is 118 cm³/mol. The molecular formula is C23H24N4O4. The van der Waals surface area contributed by atoms with Crippen molar-refractivity contribution in [2.45, 2.75) is 20.3 Å². The van der Waals surface area contributed by atoms with Crippen LogP contribution >= 0.6 is 0 Å². The first-order valence-electron chi connectivity index (χ1n) is 9.80. The minimum absolute atomic E-state index is 0.160. The lowest BCUT2D eigenvalue weighted by molar-refractivity contribution is -0.115. The molecule has 1 N–H and O–H groups in total. The van der Waals surface area contributed by atoms with Gasteiger partial charge in [-0.3, -0.25) is 4.79 Å². The molecule has 160 valence electrons. The Balaban J connectivity index is 1.65. The molecule has 0 saturated carbocycles. The van der Waals surface area contributed by atoms with Crippen LogP contribution in [-0.4, -0.2) is 41.8 Å². The van der Waals surface area contributed by atoms with Crippen LogP contribution in [0, 0.1) is 13.8 Å². The molecule has 0 spiro atoms. The van der Waals surface area contributed by atoms with Crippen molar-refractivity contribution in [2.24, 2.45) is 0 Å². The Morgan fingerprint density at radius 2 is 1.71 bits per heavy atom. The molecule has 0 fully saturated rings. The van der Waals surface area contributed by atoms with E-state index in [1.54, 1.807) is 16.6 Å². The first-order valence-corrected chi connectivity index (χ1v) is 9.80. The van der Waals surface area contributed by atoms with E-state index in [1.807, 2.05) is 38.1 Å². The number of benzene rings is 2. The summed E-state index contributed by atoms with van der Waals surface area (Å²) in [6.07, 6.45) is 0.160. The van der Waals surface area contributed by atoms with Gasteiger partial charge in [0.05, 0.1) is 33.3 Å². The lowest BCUT2D eigenvalue weighted by atomic mass is 10.1. The zero-order chi connectivity index (χ0) is 22.1. The van der Waals surface area contributed by atoms with E-state index in [0.717, 1.165) is 33.5 Å². The number of fused-ring (bicyclic) bond motifs is 3. The number of carbonyl (C=O) groups excluding carboxylic acids is 1. The molecule has 0 radical (unpaired) electrons. The highest BCUT2D eigenvalue weighted by molar-refractivity contribution is 5.94. The summed E-state index contributed by atoms with van der Waals surface area (Å²) in [5.41, 5.74) is 4.74. The lowest BCUT2D eigenvalue weighted by Gasteiger charge is -2.15. The average Bonchev–Trinajstić information content (AvgIpc) is 3.14. The number of rotatable bonds is 6. The molecule has 0 unspecified atom stereocenters. The summed E-state index contributed by atoms with van der Waals surface area (Å²) in [6, 6.07) is 11.3. The summed E-state index contributed by atoms with van der Waals surface area (Å²) in [4.78, 5) is 17.6. The second-order valence-corrected chi connectivity index (χ2v) is 7.15. The van der Waals surface area contributed by atoms with E-state index in [2.05, 4.69) is 10.4 Å². The first-order chi connectivity index (χ1) is 15.0. The number of ether oxygens (including phenoxy) is 3. The van der Waals surface area contributed by atoms with Crippen molar-refractivity contribution in [1.29, 1.82) is 0 Å². The Morgan fingerprint density at radius 3 is 2.35 bits per heavy atom. The fraction of sp³-hybridized carbons (Fsp3) is 0.261. The van der Waals surface area contributed by atoms with E-state index in [4.69, 9.17) is 19.2 Å². The van der Waals surface area contributed by atoms with Gasteiger partial charge in [-0.05, 0) is 26.0 Å². The average molecular weight is 420 g/mol. The Bertz CT molecular complexity index is 1270. The molecule has 8 heteroatoms. The summed E-state index contributed by atoms with van der Waals surface area (Å²) in [6.45, 7) is 3.87. The normalized spacial score (nSPS) is 11.0. The van der Waals surface area contributed by atoms with Crippen LogP contribution in [0.1, 0.15) is 17.0 Å². The van der Waals surface area contributed by atoms with Gasteiger partial charge in [0, 0.05) is 40.2 Å². The third-order valence-corrected chi connectivity index (χ3v) is 5.30. The highest BCUT2D eigenvalue weighted by atomic mass is 16.5. The summed E-state index contributed by atoms with van der Waals surface area (Å²) >= 11 is 0. The highest BCUT2D eigenvalue weighted by Crippen LogP contribution is 2.40. The molecule has 0 bridgehead atoms. The molecule has 1 amide bonds. The molecule has 2 heterocycles. The molecule has 8 nitrogen and oxygen atoms in total. The molecular weight excluding hydrogens is 396 g/mol. The van der Waals surface area contributed by atoms with Gasteiger partial charge in [-0.15, -0.1) is 0 Å². The van der Waals surface area contributed by atoms with Crippen LogP contribution in [0.4, 0.5) is 5.69 Å². The van der Waals surface area contributed by atoms with Crippen LogP contribution in [0.5, 0.6) is 17.2 Å². The number of nitrogens with zero attached hydrogens (tertiary/aromatic N) is 3. The Morgan fingerprint density at radius 1 is 1.03 bits per heavy atom. The van der Waals surface area contributed by atoms with Crippen LogP contribution in [0.15, 0.2) is 36.4 Å². The van der Waals surface area contributed by atoms with Gasteiger partial charge in [0.2, 0.25) is 11.7 Å². The zero-order valence-electron chi connectivity index (χ0n) is 18.1. The van der Waals surface area contributed by atoms with Gasteiger partial charge >= 0.3 is 0 Å². The highest BCUT2D eigenvalue weighted by Gasteiger charge is 2.18. The van der Waals surface area contributed by atoms with Crippen LogP contribution in [-0.2, 0) is 11.2 Å². The number of hydrogen-bond donors (Lipinski definition) is 1. The number of carbonyl (C=O) groups is 1. The lowest BCUT2D eigenvalue weighted by Crippen LogP contribution is -2.18. The summed E-state index contributed by atoms with van der Waals surface area (Å²) in [5, 5.41) is 8.54. The molecule has 2 aromatic carbocycles. The number of hydrogen-bond acceptors (Lipinski definition) is 6. The van der Waals surface area contributed by atoms with Gasteiger partial charge < -0.3 is 19.5 Å². The van der Waals surface area contributed by atoms with E-state index < -0.39 is 0 Å². The van der Waals surface area contributed by atoms with Gasteiger partial charge in [0.25, 0.3) is 0 Å². The maximum Gasteiger partial charge on any atom is 0.228 e. The Labute approximate surface area is 179 Å². The second-order valence-electron chi connectivity index (χ2n) is 7.15. The van der Waals surface area contributed by atoms with Crippen LogP contribution < -0.4 is 19.5 Å². The molecule has 0 atom stereocenters. The van der Waals surface area contributed by atoms with Gasteiger partial charge in [-0.25, -0.2) is 9.50 Å². The SMILES string of the molecule is COc1cc(NC(=O)Cc2c(C)nc3c4ccccc4nn3c2C)cc(OC)c1OC. The molecule has 31 heavy (non-hydrogen) atoms. The summed E-state index contributed by atoms with van der Waals surface area (Å²) in [7, 11) is 4.60. The van der Waals surface area contributed by atoms with Crippen molar-refractivity contribution in [3.8, 4) is 17.2 Å². The number of amides is 1. The Kier molecular flexibility index (Phi) is 5.37. The van der Waals surface area contributed by atoms with Crippen molar-refractivity contribution in [1.82, 2.24) is 14.6 Å². The zero-order valence-corrected chi connectivity index (χ0v) is 18.1. The van der Waals surface area contributed by atoms with E-state index in [9.17, 15) is 4.79 Å². The molecule has 2 aromatic heterocycles. The van der Waals surface area contributed by atoms with E-state index in [-0.39, 0.29) is 12.3 Å². The van der Waals surface area contributed by atoms with Crippen molar-refractivity contribution >= 4 is 28.1 Å². The maximum atomic E-state index is 12.9. The smallest absolute Gasteiger partial charge is 0.228 e. The van der Waals surface area contributed by atoms with E-state index >= 15 is 0 Å². The third kappa shape index (κ3) is 3.61. The maximum absolute atomic E-state index is 12.9. The molecule has 0 aliphatic carbocycles. The molecule has 0 aliphatic rings. The van der Waals surface area contributed by atoms with Crippen molar-refractivity contribution in [3.63, 3.8) is 0 Å². The van der Waals surface area contributed by atoms with Gasteiger partial charge in [0.1, 0.15) is 0 Å². The number of aryl methyl sites for hydroxylation is 2. The minimum Gasteiger partial charge on any atom is -0.493 e. The van der Waals surface area contributed by atoms with Gasteiger partial charge in [-0.1, -0.05) is 12.1 Å². The topological polar surface area (TPSA) is 87.0 Å².